The number of aromatic amines is 1. The molecule has 1 aromatic carbocycles. The first-order chi connectivity index (χ1) is 12.6. The standard InChI is InChI=1S/C20H24N4O2/c1-3-23(2)20(26)14-9-10-15-16(11-14)24-17(19(25)22-15)12-21-18(24)13-7-5-4-6-8-13/h9-13H,3-8H2,1-2H3,(H,22,25). The van der Waals surface area contributed by atoms with Crippen LogP contribution in [0.1, 0.15) is 61.1 Å². The fourth-order valence-electron chi connectivity index (χ4n) is 3.93. The molecule has 1 saturated carbocycles. The van der Waals surface area contributed by atoms with Crippen LogP contribution in [0.3, 0.4) is 0 Å². The second-order valence-electron chi connectivity index (χ2n) is 7.18. The summed E-state index contributed by atoms with van der Waals surface area (Å²) in [7, 11) is 1.79. The first kappa shape index (κ1) is 16.8. The van der Waals surface area contributed by atoms with Gasteiger partial charge in [0.05, 0.1) is 17.2 Å². The Morgan fingerprint density at radius 2 is 2.04 bits per heavy atom. The van der Waals surface area contributed by atoms with Crippen LogP contribution >= 0.6 is 0 Å². The molecule has 2 aromatic heterocycles. The van der Waals surface area contributed by atoms with Crippen LogP contribution < -0.4 is 5.56 Å². The van der Waals surface area contributed by atoms with Crippen LogP contribution in [0.4, 0.5) is 0 Å². The van der Waals surface area contributed by atoms with E-state index in [1.54, 1.807) is 24.2 Å². The molecule has 0 radical (unpaired) electrons. The summed E-state index contributed by atoms with van der Waals surface area (Å²) < 4.78 is 1.97. The minimum Gasteiger partial charge on any atom is -0.342 e. The van der Waals surface area contributed by atoms with Crippen molar-refractivity contribution in [2.75, 3.05) is 13.6 Å². The summed E-state index contributed by atoms with van der Waals surface area (Å²) in [6, 6.07) is 5.47. The van der Waals surface area contributed by atoms with Gasteiger partial charge in [0.25, 0.3) is 11.5 Å². The quantitative estimate of drug-likeness (QED) is 0.786. The van der Waals surface area contributed by atoms with Crippen LogP contribution in [-0.2, 0) is 0 Å². The highest BCUT2D eigenvalue weighted by atomic mass is 16.2. The summed E-state index contributed by atoms with van der Waals surface area (Å²) in [5.74, 6) is 1.30. The molecular weight excluding hydrogens is 328 g/mol. The molecule has 0 unspecified atom stereocenters. The van der Waals surface area contributed by atoms with E-state index in [4.69, 9.17) is 0 Å². The molecule has 6 heteroatoms. The molecule has 136 valence electrons. The number of nitrogens with zero attached hydrogens (tertiary/aromatic N) is 3. The van der Waals surface area contributed by atoms with Crippen molar-refractivity contribution in [2.24, 2.45) is 0 Å². The SMILES string of the molecule is CCN(C)C(=O)c1ccc2[nH]c(=O)c3cnc(C4CCCCC4)n3c2c1. The number of fused-ring (bicyclic) bond motifs is 3. The van der Waals surface area contributed by atoms with Crippen molar-refractivity contribution in [1.29, 1.82) is 0 Å². The van der Waals surface area contributed by atoms with Crippen LogP contribution in [0.25, 0.3) is 16.6 Å². The smallest absolute Gasteiger partial charge is 0.274 e. The number of imidazole rings is 1. The highest BCUT2D eigenvalue weighted by molar-refractivity contribution is 5.97. The van der Waals surface area contributed by atoms with Gasteiger partial charge in [-0.3, -0.25) is 14.0 Å². The lowest BCUT2D eigenvalue weighted by Gasteiger charge is -2.21. The van der Waals surface area contributed by atoms with Gasteiger partial charge >= 0.3 is 0 Å². The predicted molar refractivity (Wildman–Crippen MR) is 102 cm³/mol. The minimum atomic E-state index is -0.142. The third-order valence-corrected chi connectivity index (χ3v) is 5.55. The summed E-state index contributed by atoms with van der Waals surface area (Å²) in [5.41, 5.74) is 2.60. The number of carbonyl (C=O) groups excluding carboxylic acids is 1. The molecule has 3 aromatic rings. The molecule has 1 aliphatic carbocycles. The Hall–Kier alpha value is -2.63. The zero-order valence-electron chi connectivity index (χ0n) is 15.3. The zero-order chi connectivity index (χ0) is 18.3. The van der Waals surface area contributed by atoms with E-state index in [2.05, 4.69) is 9.97 Å². The van der Waals surface area contributed by atoms with Crippen molar-refractivity contribution in [2.45, 2.75) is 44.9 Å². The highest BCUT2D eigenvalue weighted by Gasteiger charge is 2.22. The van der Waals surface area contributed by atoms with E-state index < -0.39 is 0 Å². The molecule has 6 nitrogen and oxygen atoms in total. The van der Waals surface area contributed by atoms with Crippen LogP contribution in [0.5, 0.6) is 0 Å². The molecule has 1 amide bonds. The highest BCUT2D eigenvalue weighted by Crippen LogP contribution is 2.33. The molecule has 0 aliphatic heterocycles. The van der Waals surface area contributed by atoms with Crippen LogP contribution in [0.2, 0.25) is 0 Å². The summed E-state index contributed by atoms with van der Waals surface area (Å²) in [6.07, 6.45) is 7.53. The van der Waals surface area contributed by atoms with Crippen molar-refractivity contribution < 1.29 is 4.79 Å². The van der Waals surface area contributed by atoms with E-state index in [0.717, 1.165) is 29.7 Å². The van der Waals surface area contributed by atoms with Crippen LogP contribution in [0.15, 0.2) is 29.2 Å². The summed E-state index contributed by atoms with van der Waals surface area (Å²) in [5, 5.41) is 0. The molecular formula is C20H24N4O2. The molecule has 0 spiro atoms. The molecule has 1 fully saturated rings. The van der Waals surface area contributed by atoms with Gasteiger partial charge < -0.3 is 9.88 Å². The molecule has 1 aliphatic rings. The first-order valence-corrected chi connectivity index (χ1v) is 9.39. The molecule has 0 saturated heterocycles. The van der Waals surface area contributed by atoms with Crippen molar-refractivity contribution >= 4 is 22.5 Å². The number of carbonyl (C=O) groups is 1. The predicted octanol–water partition coefficient (Wildman–Crippen LogP) is 3.32. The van der Waals surface area contributed by atoms with Crippen molar-refractivity contribution in [1.82, 2.24) is 19.3 Å². The average Bonchev–Trinajstić information content (AvgIpc) is 3.13. The fraction of sp³-hybridized carbons (Fsp3) is 0.450. The Morgan fingerprint density at radius 3 is 2.77 bits per heavy atom. The lowest BCUT2D eigenvalue weighted by Crippen LogP contribution is -2.26. The van der Waals surface area contributed by atoms with Gasteiger partial charge in [0.1, 0.15) is 11.3 Å². The second kappa shape index (κ2) is 6.59. The Morgan fingerprint density at radius 1 is 1.27 bits per heavy atom. The third-order valence-electron chi connectivity index (χ3n) is 5.55. The van der Waals surface area contributed by atoms with E-state index in [-0.39, 0.29) is 11.5 Å². The van der Waals surface area contributed by atoms with Crippen LogP contribution in [0, 0.1) is 0 Å². The van der Waals surface area contributed by atoms with Crippen molar-refractivity contribution in [3.63, 3.8) is 0 Å². The van der Waals surface area contributed by atoms with E-state index in [1.807, 2.05) is 23.5 Å². The molecule has 0 bridgehead atoms. The maximum absolute atomic E-state index is 12.6. The average molecular weight is 352 g/mol. The number of hydrogen-bond acceptors (Lipinski definition) is 3. The molecule has 4 rings (SSSR count). The maximum Gasteiger partial charge on any atom is 0.274 e. The Labute approximate surface area is 151 Å². The molecule has 1 N–H and O–H groups in total. The largest absolute Gasteiger partial charge is 0.342 e. The lowest BCUT2D eigenvalue weighted by atomic mass is 9.88. The molecule has 0 atom stereocenters. The van der Waals surface area contributed by atoms with Crippen molar-refractivity contribution in [3.05, 3.63) is 46.1 Å². The van der Waals surface area contributed by atoms with Gasteiger partial charge in [-0.25, -0.2) is 4.98 Å². The first-order valence-electron chi connectivity index (χ1n) is 9.39. The van der Waals surface area contributed by atoms with Crippen LogP contribution in [-0.4, -0.2) is 38.8 Å². The van der Waals surface area contributed by atoms with E-state index in [0.29, 0.717) is 23.5 Å². The summed E-state index contributed by atoms with van der Waals surface area (Å²) in [6.45, 7) is 2.60. The van der Waals surface area contributed by atoms with Gasteiger partial charge in [0.2, 0.25) is 0 Å². The van der Waals surface area contributed by atoms with Gasteiger partial charge in [-0.1, -0.05) is 19.3 Å². The van der Waals surface area contributed by atoms with Gasteiger partial charge in [-0.2, -0.15) is 0 Å². The monoisotopic (exact) mass is 352 g/mol. The molecule has 2 heterocycles. The number of rotatable bonds is 3. The van der Waals surface area contributed by atoms with E-state index in [1.165, 1.54) is 19.3 Å². The maximum atomic E-state index is 12.6. The number of H-pyrrole nitrogens is 1. The van der Waals surface area contributed by atoms with Gasteiger partial charge in [0, 0.05) is 25.1 Å². The fourth-order valence-corrected chi connectivity index (χ4v) is 3.93. The molecule has 26 heavy (non-hydrogen) atoms. The second-order valence-corrected chi connectivity index (χ2v) is 7.18. The van der Waals surface area contributed by atoms with E-state index >= 15 is 0 Å². The third kappa shape index (κ3) is 2.69. The summed E-state index contributed by atoms with van der Waals surface area (Å²) >= 11 is 0. The number of nitrogens with one attached hydrogen (secondary N) is 1. The Balaban J connectivity index is 1.94. The number of benzene rings is 1. The number of amides is 1. The number of hydrogen-bond donors (Lipinski definition) is 1. The van der Waals surface area contributed by atoms with Crippen molar-refractivity contribution in [3.8, 4) is 0 Å². The summed E-state index contributed by atoms with van der Waals surface area (Å²) in [4.78, 5) is 34.2. The number of aromatic nitrogens is 3. The lowest BCUT2D eigenvalue weighted by molar-refractivity contribution is 0.0802. The minimum absolute atomic E-state index is 0.0203. The zero-order valence-corrected chi connectivity index (χ0v) is 15.3. The van der Waals surface area contributed by atoms with Gasteiger partial charge in [0.15, 0.2) is 0 Å². The van der Waals surface area contributed by atoms with E-state index in [9.17, 15) is 9.59 Å². The topological polar surface area (TPSA) is 70.5 Å². The Bertz CT molecular complexity index is 1030. The Kier molecular flexibility index (Phi) is 4.26. The normalized spacial score (nSPS) is 15.6. The van der Waals surface area contributed by atoms with Gasteiger partial charge in [-0.05, 0) is 38.0 Å². The van der Waals surface area contributed by atoms with Gasteiger partial charge in [-0.15, -0.1) is 0 Å².